The topological polar surface area (TPSA) is 101 Å². The number of nitrogens with one attached hydrogen (secondary N) is 2. The van der Waals surface area contributed by atoms with E-state index < -0.39 is 11.8 Å². The Bertz CT molecular complexity index is 886. The van der Waals surface area contributed by atoms with Crippen LogP contribution in [-0.4, -0.2) is 37.5 Å². The van der Waals surface area contributed by atoms with Crippen molar-refractivity contribution < 1.29 is 19.1 Å². The first kappa shape index (κ1) is 23.2. The van der Waals surface area contributed by atoms with Crippen LogP contribution in [0.2, 0.25) is 10.0 Å². The lowest BCUT2D eigenvalue weighted by Gasteiger charge is -2.08. The average Bonchev–Trinajstić information content (AvgIpc) is 2.69. The van der Waals surface area contributed by atoms with Crippen molar-refractivity contribution in [1.29, 1.82) is 0 Å². The molecule has 0 spiro atoms. The van der Waals surface area contributed by atoms with Gasteiger partial charge in [-0.2, -0.15) is 10.2 Å². The van der Waals surface area contributed by atoms with Gasteiger partial charge in [0.1, 0.15) is 11.5 Å². The lowest BCUT2D eigenvalue weighted by molar-refractivity contribution is -0.123. The largest absolute Gasteiger partial charge is 0.483 e. The highest BCUT2D eigenvalue weighted by Crippen LogP contribution is 2.22. The van der Waals surface area contributed by atoms with Gasteiger partial charge < -0.3 is 9.47 Å². The fourth-order valence-electron chi connectivity index (χ4n) is 2.19. The van der Waals surface area contributed by atoms with Crippen LogP contribution in [0.25, 0.3) is 0 Å². The van der Waals surface area contributed by atoms with Crippen LogP contribution in [0, 0.1) is 13.8 Å². The number of benzene rings is 2. The second-order valence-corrected chi connectivity index (χ2v) is 6.90. The number of carbonyl (C=O) groups is 2. The molecule has 0 atom stereocenters. The summed E-state index contributed by atoms with van der Waals surface area (Å²) in [5, 5.41) is 8.50. The Hall–Kier alpha value is -3.10. The molecule has 30 heavy (non-hydrogen) atoms. The highest BCUT2D eigenvalue weighted by Gasteiger charge is 2.05. The fraction of sp³-hybridized carbons (Fsp3) is 0.200. The number of aryl methyl sites for hydroxylation is 2. The molecule has 10 heteroatoms. The summed E-state index contributed by atoms with van der Waals surface area (Å²) >= 11 is 11.7. The SMILES string of the molecule is Cc1cc(Cl)ccc1OCC(=O)NN=CC=NNC(=O)COc1ccc(Cl)cc1C. The Labute approximate surface area is 183 Å². The first-order valence-corrected chi connectivity index (χ1v) is 9.51. The van der Waals surface area contributed by atoms with E-state index in [-0.39, 0.29) is 13.2 Å². The zero-order chi connectivity index (χ0) is 21.9. The maximum Gasteiger partial charge on any atom is 0.277 e. The molecular formula is C20H20Cl2N4O4. The van der Waals surface area contributed by atoms with Gasteiger partial charge in [-0.1, -0.05) is 23.2 Å². The molecule has 158 valence electrons. The molecule has 0 aliphatic heterocycles. The summed E-state index contributed by atoms with van der Waals surface area (Å²) in [6, 6.07) is 10.2. The maximum atomic E-state index is 11.7. The van der Waals surface area contributed by atoms with Gasteiger partial charge in [-0.05, 0) is 61.4 Å². The van der Waals surface area contributed by atoms with Crippen molar-refractivity contribution in [2.45, 2.75) is 13.8 Å². The summed E-state index contributed by atoms with van der Waals surface area (Å²) < 4.78 is 10.8. The van der Waals surface area contributed by atoms with E-state index in [1.807, 2.05) is 13.8 Å². The normalized spacial score (nSPS) is 10.9. The highest BCUT2D eigenvalue weighted by atomic mass is 35.5. The third kappa shape index (κ3) is 8.10. The van der Waals surface area contributed by atoms with Gasteiger partial charge in [-0.15, -0.1) is 0 Å². The zero-order valence-electron chi connectivity index (χ0n) is 16.3. The van der Waals surface area contributed by atoms with Crippen LogP contribution in [-0.2, 0) is 9.59 Å². The summed E-state index contributed by atoms with van der Waals surface area (Å²) in [5.41, 5.74) is 6.17. The molecule has 0 radical (unpaired) electrons. The van der Waals surface area contributed by atoms with Crippen LogP contribution in [0.5, 0.6) is 11.5 Å². The Balaban J connectivity index is 1.64. The van der Waals surface area contributed by atoms with E-state index >= 15 is 0 Å². The van der Waals surface area contributed by atoms with E-state index in [1.165, 1.54) is 12.4 Å². The van der Waals surface area contributed by atoms with E-state index in [0.29, 0.717) is 21.5 Å². The van der Waals surface area contributed by atoms with Gasteiger partial charge in [0.25, 0.3) is 11.8 Å². The number of hydrogen-bond acceptors (Lipinski definition) is 6. The van der Waals surface area contributed by atoms with E-state index in [1.54, 1.807) is 36.4 Å². The predicted molar refractivity (Wildman–Crippen MR) is 117 cm³/mol. The molecule has 0 unspecified atom stereocenters. The number of carbonyl (C=O) groups excluding carboxylic acids is 2. The second-order valence-electron chi connectivity index (χ2n) is 6.02. The Morgan fingerprint density at radius 2 is 1.23 bits per heavy atom. The highest BCUT2D eigenvalue weighted by molar-refractivity contribution is 6.31. The van der Waals surface area contributed by atoms with Gasteiger partial charge in [-0.3, -0.25) is 9.59 Å². The molecule has 2 N–H and O–H groups in total. The molecule has 0 aromatic heterocycles. The molecule has 2 aromatic carbocycles. The Kier molecular flexibility index (Phi) is 9.11. The minimum absolute atomic E-state index is 0.213. The first-order chi connectivity index (χ1) is 14.3. The van der Waals surface area contributed by atoms with Crippen LogP contribution in [0.1, 0.15) is 11.1 Å². The average molecular weight is 451 g/mol. The number of hydrazone groups is 2. The van der Waals surface area contributed by atoms with Gasteiger partial charge >= 0.3 is 0 Å². The molecule has 2 amide bonds. The lowest BCUT2D eigenvalue weighted by atomic mass is 10.2. The fourth-order valence-corrected chi connectivity index (χ4v) is 2.64. The monoisotopic (exact) mass is 450 g/mol. The molecule has 2 rings (SSSR count). The third-order valence-electron chi connectivity index (χ3n) is 3.59. The molecule has 0 heterocycles. The molecule has 0 aliphatic carbocycles. The van der Waals surface area contributed by atoms with Crippen LogP contribution >= 0.6 is 23.2 Å². The number of amides is 2. The van der Waals surface area contributed by atoms with Gasteiger partial charge in [-0.25, -0.2) is 10.9 Å². The summed E-state index contributed by atoms with van der Waals surface area (Å²) in [6.45, 7) is 3.22. The molecule has 0 bridgehead atoms. The molecular weight excluding hydrogens is 431 g/mol. The van der Waals surface area contributed by atoms with Gasteiger partial charge in [0.2, 0.25) is 0 Å². The van der Waals surface area contributed by atoms with Crippen LogP contribution in [0.4, 0.5) is 0 Å². The van der Waals surface area contributed by atoms with Crippen LogP contribution in [0.3, 0.4) is 0 Å². The van der Waals surface area contributed by atoms with Crippen molar-refractivity contribution in [3.8, 4) is 11.5 Å². The van der Waals surface area contributed by atoms with Gasteiger partial charge in [0.05, 0.1) is 12.4 Å². The summed E-state index contributed by atoms with van der Waals surface area (Å²) in [7, 11) is 0. The number of hydrogen-bond donors (Lipinski definition) is 2. The minimum atomic E-state index is -0.454. The zero-order valence-corrected chi connectivity index (χ0v) is 17.8. The first-order valence-electron chi connectivity index (χ1n) is 8.75. The van der Waals surface area contributed by atoms with Crippen molar-refractivity contribution >= 4 is 47.4 Å². The number of rotatable bonds is 9. The van der Waals surface area contributed by atoms with Crippen molar-refractivity contribution in [1.82, 2.24) is 10.9 Å². The molecule has 0 fully saturated rings. The van der Waals surface area contributed by atoms with Crippen LogP contribution < -0.4 is 20.3 Å². The van der Waals surface area contributed by atoms with E-state index in [2.05, 4.69) is 21.1 Å². The number of halogens is 2. The summed E-state index contributed by atoms with van der Waals surface area (Å²) in [4.78, 5) is 23.4. The van der Waals surface area contributed by atoms with Crippen LogP contribution in [0.15, 0.2) is 46.6 Å². The standard InChI is InChI=1S/C20H20Cl2N4O4/c1-13-9-15(21)3-5-17(13)29-11-19(27)25-23-7-8-24-26-20(28)12-30-18-6-4-16(22)10-14(18)2/h3-10H,11-12H2,1-2H3,(H,25,27)(H,26,28). The Morgan fingerprint density at radius 1 is 0.833 bits per heavy atom. The summed E-state index contributed by atoms with van der Waals surface area (Å²) in [5.74, 6) is 0.201. The number of ether oxygens (including phenoxy) is 2. The van der Waals surface area contributed by atoms with Crippen molar-refractivity contribution in [3.05, 3.63) is 57.6 Å². The maximum absolute atomic E-state index is 11.7. The Morgan fingerprint density at radius 3 is 1.60 bits per heavy atom. The summed E-state index contributed by atoms with van der Waals surface area (Å²) in [6.07, 6.45) is 2.41. The molecule has 0 saturated heterocycles. The minimum Gasteiger partial charge on any atom is -0.483 e. The van der Waals surface area contributed by atoms with Gasteiger partial charge in [0.15, 0.2) is 13.2 Å². The molecule has 0 aliphatic rings. The predicted octanol–water partition coefficient (Wildman–Crippen LogP) is 3.27. The third-order valence-corrected chi connectivity index (χ3v) is 4.06. The van der Waals surface area contributed by atoms with Crippen molar-refractivity contribution in [2.24, 2.45) is 10.2 Å². The molecule has 8 nitrogen and oxygen atoms in total. The van der Waals surface area contributed by atoms with E-state index in [0.717, 1.165) is 11.1 Å². The van der Waals surface area contributed by atoms with Crippen molar-refractivity contribution in [3.63, 3.8) is 0 Å². The van der Waals surface area contributed by atoms with E-state index in [4.69, 9.17) is 32.7 Å². The lowest BCUT2D eigenvalue weighted by Crippen LogP contribution is -2.25. The number of nitrogens with zero attached hydrogens (tertiary/aromatic N) is 2. The second kappa shape index (κ2) is 11.8. The van der Waals surface area contributed by atoms with Crippen molar-refractivity contribution in [2.75, 3.05) is 13.2 Å². The van der Waals surface area contributed by atoms with E-state index in [9.17, 15) is 9.59 Å². The molecule has 0 saturated carbocycles. The quantitative estimate of drug-likeness (QED) is 0.451. The smallest absolute Gasteiger partial charge is 0.277 e. The molecule has 2 aromatic rings. The van der Waals surface area contributed by atoms with Gasteiger partial charge in [0, 0.05) is 10.0 Å².